The Balaban J connectivity index is 2.48. The molecule has 1 fully saturated rings. The Morgan fingerprint density at radius 2 is 2.36 bits per heavy atom. The third-order valence-electron chi connectivity index (χ3n) is 2.65. The highest BCUT2D eigenvalue weighted by atomic mass is 31.2. The fourth-order valence-corrected chi connectivity index (χ4v) is 3.38. The third kappa shape index (κ3) is 3.16. The SMILES string of the molecule is [3H][C@H]1C[C@H](CP(OC)N(C)C)[C@@H](CC)O1. The average Bonchev–Trinajstić information content (AvgIpc) is 2.54. The minimum atomic E-state index is -0.510. The van der Waals surface area contributed by atoms with Gasteiger partial charge in [0.05, 0.1) is 7.47 Å². The van der Waals surface area contributed by atoms with Gasteiger partial charge in [0.2, 0.25) is 0 Å². The molecule has 0 aromatic rings. The van der Waals surface area contributed by atoms with Crippen molar-refractivity contribution in [3.8, 4) is 0 Å². The fourth-order valence-electron chi connectivity index (χ4n) is 1.79. The molecule has 1 aliphatic heterocycles. The number of hydrogen-bond donors (Lipinski definition) is 0. The van der Waals surface area contributed by atoms with Gasteiger partial charge in [-0.05, 0) is 32.9 Å². The predicted molar refractivity (Wildman–Crippen MR) is 60.6 cm³/mol. The van der Waals surface area contributed by atoms with Crippen LogP contribution < -0.4 is 0 Å². The second-order valence-electron chi connectivity index (χ2n) is 3.81. The van der Waals surface area contributed by atoms with E-state index in [1.165, 1.54) is 0 Å². The lowest BCUT2D eigenvalue weighted by Gasteiger charge is -2.26. The van der Waals surface area contributed by atoms with Crippen LogP contribution in [0.25, 0.3) is 0 Å². The standard InChI is InChI=1S/C10H22NO2P/c1-5-10-9(6-7-13-10)8-14(12-4)11(2)3/h9-10H,5-8H2,1-4H3/t9-,10-,14?/m1/s1/i7T/t7-,9+,10+,14?/m0. The van der Waals surface area contributed by atoms with Gasteiger partial charge >= 0.3 is 0 Å². The lowest BCUT2D eigenvalue weighted by atomic mass is 10.0. The van der Waals surface area contributed by atoms with Crippen LogP contribution in [0, 0.1) is 5.92 Å². The van der Waals surface area contributed by atoms with Crippen LogP contribution in [0.5, 0.6) is 0 Å². The molecule has 0 spiro atoms. The van der Waals surface area contributed by atoms with E-state index in [-0.39, 0.29) is 12.7 Å². The van der Waals surface area contributed by atoms with Crippen LogP contribution in [0.15, 0.2) is 0 Å². The summed E-state index contributed by atoms with van der Waals surface area (Å²) in [5.74, 6) is 0.492. The zero-order valence-corrected chi connectivity index (χ0v) is 10.5. The van der Waals surface area contributed by atoms with Gasteiger partial charge in [0, 0.05) is 19.9 Å². The zero-order valence-electron chi connectivity index (χ0n) is 10.6. The third-order valence-corrected chi connectivity index (χ3v) is 4.74. The van der Waals surface area contributed by atoms with Crippen LogP contribution in [0.1, 0.15) is 21.1 Å². The second-order valence-corrected chi connectivity index (χ2v) is 6.04. The molecule has 1 aliphatic rings. The van der Waals surface area contributed by atoms with Crippen molar-refractivity contribution in [2.45, 2.75) is 25.9 Å². The Hall–Kier alpha value is 0.310. The van der Waals surface area contributed by atoms with Crippen molar-refractivity contribution < 1.29 is 10.6 Å². The smallest absolute Gasteiger partial charge is 0.103 e. The number of ether oxygens (including phenoxy) is 1. The Labute approximate surface area is 90.1 Å². The Bertz CT molecular complexity index is 194. The maximum atomic E-state index is 7.64. The molecule has 0 saturated carbocycles. The fraction of sp³-hybridized carbons (Fsp3) is 1.00. The maximum Gasteiger partial charge on any atom is 0.103 e. The first-order chi connectivity index (χ1) is 7.08. The number of nitrogens with zero attached hydrogens (tertiary/aromatic N) is 1. The summed E-state index contributed by atoms with van der Waals surface area (Å²) in [6.45, 7) is 1.80. The van der Waals surface area contributed by atoms with Crippen LogP contribution in [-0.2, 0) is 9.26 Å². The topological polar surface area (TPSA) is 21.7 Å². The molecule has 0 bridgehead atoms. The van der Waals surface area contributed by atoms with Crippen molar-refractivity contribution in [3.05, 3.63) is 0 Å². The molecule has 14 heavy (non-hydrogen) atoms. The molecular formula is C10H22NO2P. The summed E-state index contributed by atoms with van der Waals surface area (Å²) in [6.07, 6.45) is 3.13. The molecule has 4 atom stereocenters. The molecule has 0 N–H and O–H groups in total. The molecule has 1 unspecified atom stereocenters. The second kappa shape index (κ2) is 6.02. The van der Waals surface area contributed by atoms with E-state index in [1.807, 2.05) is 14.1 Å². The molecule has 4 heteroatoms. The van der Waals surface area contributed by atoms with Gasteiger partial charge in [0.1, 0.15) is 8.30 Å². The minimum absolute atomic E-state index is 0.257. The maximum absolute atomic E-state index is 7.64. The molecule has 1 saturated heterocycles. The Morgan fingerprint density at radius 3 is 2.86 bits per heavy atom. The highest BCUT2D eigenvalue weighted by Crippen LogP contribution is 2.43. The Kier molecular flexibility index (Phi) is 4.65. The van der Waals surface area contributed by atoms with Crippen molar-refractivity contribution in [2.24, 2.45) is 5.92 Å². The van der Waals surface area contributed by atoms with Crippen molar-refractivity contribution in [1.29, 1.82) is 0 Å². The van der Waals surface area contributed by atoms with E-state index in [2.05, 4.69) is 11.6 Å². The highest BCUT2D eigenvalue weighted by molar-refractivity contribution is 7.49. The quantitative estimate of drug-likeness (QED) is 0.665. The van der Waals surface area contributed by atoms with Crippen molar-refractivity contribution >= 4 is 8.30 Å². The first kappa shape index (κ1) is 10.8. The van der Waals surface area contributed by atoms with Crippen LogP contribution >= 0.6 is 8.30 Å². The van der Waals surface area contributed by atoms with Crippen LogP contribution in [0.3, 0.4) is 0 Å². The summed E-state index contributed by atoms with van der Waals surface area (Å²) in [5, 5.41) is 0. The van der Waals surface area contributed by atoms with E-state index in [0.29, 0.717) is 5.92 Å². The molecule has 0 amide bonds. The summed E-state index contributed by atoms with van der Waals surface area (Å²) >= 11 is 0. The van der Waals surface area contributed by atoms with Crippen LogP contribution in [0.4, 0.5) is 0 Å². The van der Waals surface area contributed by atoms with Gasteiger partial charge in [-0.25, -0.2) is 0 Å². The van der Waals surface area contributed by atoms with Gasteiger partial charge in [-0.2, -0.15) is 0 Å². The summed E-state index contributed by atoms with van der Waals surface area (Å²) in [6, 6.07) is 0. The number of hydrogen-bond acceptors (Lipinski definition) is 3. The van der Waals surface area contributed by atoms with E-state index in [1.54, 1.807) is 7.11 Å². The molecule has 84 valence electrons. The zero-order chi connectivity index (χ0) is 11.4. The van der Waals surface area contributed by atoms with Crippen molar-refractivity contribution in [3.63, 3.8) is 0 Å². The molecule has 1 heterocycles. The summed E-state index contributed by atoms with van der Waals surface area (Å²) < 4.78 is 20.8. The lowest BCUT2D eigenvalue weighted by molar-refractivity contribution is 0.0913. The summed E-state index contributed by atoms with van der Waals surface area (Å²) in [5.41, 5.74) is 0. The van der Waals surface area contributed by atoms with Crippen LogP contribution in [-0.4, -0.2) is 44.7 Å². The van der Waals surface area contributed by atoms with Gasteiger partial charge in [-0.3, -0.25) is 4.67 Å². The number of rotatable bonds is 5. The summed E-state index contributed by atoms with van der Waals surface area (Å²) in [7, 11) is 5.35. The molecule has 0 aromatic heterocycles. The molecule has 0 radical (unpaired) electrons. The largest absolute Gasteiger partial charge is 0.378 e. The van der Waals surface area contributed by atoms with Crippen LogP contribution in [0.2, 0.25) is 0 Å². The van der Waals surface area contributed by atoms with Gasteiger partial charge < -0.3 is 9.26 Å². The normalized spacial score (nSPS) is 36.1. The highest BCUT2D eigenvalue weighted by Gasteiger charge is 2.29. The first-order valence-electron chi connectivity index (χ1n) is 5.72. The van der Waals surface area contributed by atoms with Gasteiger partial charge in [0.15, 0.2) is 0 Å². The lowest BCUT2D eigenvalue weighted by Crippen LogP contribution is -2.21. The predicted octanol–water partition coefficient (Wildman–Crippen LogP) is 2.32. The monoisotopic (exact) mass is 221 g/mol. The summed E-state index contributed by atoms with van der Waals surface area (Å²) in [4.78, 5) is 0. The van der Waals surface area contributed by atoms with E-state index >= 15 is 0 Å². The molecule has 0 aliphatic carbocycles. The van der Waals surface area contributed by atoms with Gasteiger partial charge in [-0.15, -0.1) is 0 Å². The average molecular weight is 221 g/mol. The van der Waals surface area contributed by atoms with E-state index in [0.717, 1.165) is 19.0 Å². The van der Waals surface area contributed by atoms with Gasteiger partial charge in [0.25, 0.3) is 0 Å². The molecule has 1 rings (SSSR count). The molecular weight excluding hydrogens is 197 g/mol. The first-order valence-corrected chi connectivity index (χ1v) is 6.54. The van der Waals surface area contributed by atoms with E-state index in [9.17, 15) is 0 Å². The Morgan fingerprint density at radius 1 is 1.64 bits per heavy atom. The molecule has 0 aromatic carbocycles. The van der Waals surface area contributed by atoms with E-state index in [4.69, 9.17) is 10.6 Å². The van der Waals surface area contributed by atoms with Crippen molar-refractivity contribution in [1.82, 2.24) is 4.67 Å². The van der Waals surface area contributed by atoms with E-state index < -0.39 is 8.30 Å². The minimum Gasteiger partial charge on any atom is -0.378 e. The molecule has 3 nitrogen and oxygen atoms in total. The van der Waals surface area contributed by atoms with Crippen molar-refractivity contribution in [2.75, 3.05) is 33.9 Å². The van der Waals surface area contributed by atoms with Gasteiger partial charge in [-0.1, -0.05) is 6.92 Å².